The highest BCUT2D eigenvalue weighted by Crippen LogP contribution is 2.35. The summed E-state index contributed by atoms with van der Waals surface area (Å²) in [5.74, 6) is 1.19. The average molecular weight is 613 g/mol. The number of ether oxygens (including phenoxy) is 1. The van der Waals surface area contributed by atoms with Gasteiger partial charge in [-0.3, -0.25) is 19.2 Å². The smallest absolute Gasteiger partial charge is 0.273 e. The van der Waals surface area contributed by atoms with Crippen LogP contribution in [0.2, 0.25) is 10.0 Å². The number of nitro groups is 1. The number of sulfonamides is 1. The minimum absolute atomic E-state index is 0.0295. The number of hydrogen-bond donors (Lipinski definition) is 1. The number of halogens is 2. The molecule has 0 radical (unpaired) electrons. The molecule has 0 unspecified atom stereocenters. The van der Waals surface area contributed by atoms with Gasteiger partial charge in [-0.1, -0.05) is 41.4 Å². The Bertz CT molecular complexity index is 1440. The van der Waals surface area contributed by atoms with Crippen LogP contribution < -0.4 is 14.4 Å². The van der Waals surface area contributed by atoms with E-state index in [0.29, 0.717) is 23.6 Å². The summed E-state index contributed by atoms with van der Waals surface area (Å²) in [5, 5.41) is 15.1. The largest absolute Gasteiger partial charge is 0.495 e. The fraction of sp³-hybridized carbons (Fsp3) is 0.269. The van der Waals surface area contributed by atoms with E-state index in [1.54, 1.807) is 11.8 Å². The van der Waals surface area contributed by atoms with Crippen molar-refractivity contribution in [1.82, 2.24) is 5.32 Å². The molecule has 3 rings (SSSR count). The van der Waals surface area contributed by atoms with Crippen LogP contribution in [0.4, 0.5) is 11.4 Å². The van der Waals surface area contributed by atoms with E-state index in [-0.39, 0.29) is 27.0 Å². The zero-order chi connectivity index (χ0) is 28.6. The predicted octanol–water partition coefficient (Wildman–Crippen LogP) is 5.85. The van der Waals surface area contributed by atoms with Gasteiger partial charge in [-0.25, -0.2) is 8.42 Å². The van der Waals surface area contributed by atoms with E-state index in [9.17, 15) is 23.3 Å². The number of rotatable bonds is 13. The fourth-order valence-electron chi connectivity index (χ4n) is 3.59. The second-order valence-corrected chi connectivity index (χ2v) is 12.3. The Morgan fingerprint density at radius 1 is 1.08 bits per heavy atom. The Balaban J connectivity index is 1.74. The van der Waals surface area contributed by atoms with Gasteiger partial charge < -0.3 is 10.1 Å². The van der Waals surface area contributed by atoms with E-state index in [1.165, 1.54) is 44.4 Å². The summed E-state index contributed by atoms with van der Waals surface area (Å²) >= 11 is 13.8. The number of aryl methyl sites for hydroxylation is 1. The Morgan fingerprint density at radius 2 is 1.77 bits per heavy atom. The fourth-order valence-corrected chi connectivity index (χ4v) is 6.25. The molecule has 3 aromatic rings. The highest BCUT2D eigenvalue weighted by atomic mass is 35.5. The van der Waals surface area contributed by atoms with E-state index >= 15 is 0 Å². The molecule has 3 aromatic carbocycles. The van der Waals surface area contributed by atoms with Crippen LogP contribution in [0.15, 0.2) is 65.6 Å². The van der Waals surface area contributed by atoms with Crippen LogP contribution >= 0.6 is 35.0 Å². The maximum Gasteiger partial charge on any atom is 0.273 e. The second-order valence-electron chi connectivity index (χ2n) is 8.42. The summed E-state index contributed by atoms with van der Waals surface area (Å²) in [4.78, 5) is 23.3. The van der Waals surface area contributed by atoms with E-state index in [2.05, 4.69) is 5.32 Å². The Labute approximate surface area is 241 Å². The summed E-state index contributed by atoms with van der Waals surface area (Å²) in [6, 6.07) is 15.5. The molecular weight excluding hydrogens is 585 g/mol. The number of nitrogens with one attached hydrogen (secondary N) is 1. The molecule has 0 aliphatic rings. The monoisotopic (exact) mass is 611 g/mol. The van der Waals surface area contributed by atoms with Gasteiger partial charge in [-0.15, -0.1) is 0 Å². The number of amides is 1. The minimum atomic E-state index is -4.43. The van der Waals surface area contributed by atoms with Gasteiger partial charge in [0.15, 0.2) is 0 Å². The van der Waals surface area contributed by atoms with Gasteiger partial charge in [0.2, 0.25) is 5.91 Å². The quantitative estimate of drug-likeness (QED) is 0.146. The summed E-state index contributed by atoms with van der Waals surface area (Å²) in [6.45, 7) is 1.26. The lowest BCUT2D eigenvalue weighted by Crippen LogP contribution is -2.41. The maximum absolute atomic E-state index is 13.7. The van der Waals surface area contributed by atoms with Crippen molar-refractivity contribution >= 4 is 62.3 Å². The Hall–Kier alpha value is -2.99. The maximum atomic E-state index is 13.7. The third-order valence-electron chi connectivity index (χ3n) is 5.63. The van der Waals surface area contributed by atoms with Gasteiger partial charge in [-0.2, -0.15) is 11.8 Å². The average Bonchev–Trinajstić information content (AvgIpc) is 2.90. The molecule has 0 atom stereocenters. The number of thioether (sulfide) groups is 1. The lowest BCUT2D eigenvalue weighted by atomic mass is 10.2. The van der Waals surface area contributed by atoms with Crippen LogP contribution in [0.5, 0.6) is 5.75 Å². The van der Waals surface area contributed by atoms with Crippen molar-refractivity contribution in [3.8, 4) is 5.75 Å². The van der Waals surface area contributed by atoms with Crippen molar-refractivity contribution < 1.29 is 22.9 Å². The van der Waals surface area contributed by atoms with Crippen molar-refractivity contribution in [1.29, 1.82) is 0 Å². The SMILES string of the molecule is COc1ccc(Cl)cc1N(CC(=O)NCCCSCc1ccc(Cl)cc1)S(=O)(=O)c1ccc(C)c([N+](=O)[O-])c1. The first-order chi connectivity index (χ1) is 18.5. The summed E-state index contributed by atoms with van der Waals surface area (Å²) < 4.78 is 33.6. The first kappa shape index (κ1) is 30.6. The van der Waals surface area contributed by atoms with Crippen molar-refractivity contribution in [2.45, 2.75) is 24.0 Å². The molecule has 0 spiro atoms. The molecule has 0 saturated carbocycles. The van der Waals surface area contributed by atoms with E-state index < -0.39 is 27.4 Å². The van der Waals surface area contributed by atoms with Crippen molar-refractivity contribution in [2.24, 2.45) is 0 Å². The van der Waals surface area contributed by atoms with Gasteiger partial charge in [0.05, 0.1) is 22.6 Å². The molecule has 208 valence electrons. The van der Waals surface area contributed by atoms with Crippen LogP contribution in [-0.2, 0) is 20.6 Å². The van der Waals surface area contributed by atoms with Crippen molar-refractivity contribution in [2.75, 3.05) is 30.3 Å². The first-order valence-corrected chi connectivity index (χ1v) is 15.1. The topological polar surface area (TPSA) is 119 Å². The molecular formula is C26H27Cl2N3O6S2. The lowest BCUT2D eigenvalue weighted by Gasteiger charge is -2.26. The van der Waals surface area contributed by atoms with Gasteiger partial charge in [-0.05, 0) is 61.1 Å². The van der Waals surface area contributed by atoms with Crippen LogP contribution in [0.3, 0.4) is 0 Å². The zero-order valence-corrected chi connectivity index (χ0v) is 24.4. The molecule has 9 nitrogen and oxygen atoms in total. The molecule has 13 heteroatoms. The van der Waals surface area contributed by atoms with Crippen LogP contribution in [0, 0.1) is 17.0 Å². The number of methoxy groups -OCH3 is 1. The number of carbonyl (C=O) groups excluding carboxylic acids is 1. The molecule has 39 heavy (non-hydrogen) atoms. The summed E-state index contributed by atoms with van der Waals surface area (Å²) in [5.41, 5.74) is 1.12. The number of nitrogens with zero attached hydrogens (tertiary/aromatic N) is 2. The van der Waals surface area contributed by atoms with E-state index in [4.69, 9.17) is 27.9 Å². The van der Waals surface area contributed by atoms with E-state index in [1.807, 2.05) is 24.3 Å². The number of benzene rings is 3. The second kappa shape index (κ2) is 13.9. The van der Waals surface area contributed by atoms with Crippen LogP contribution in [0.1, 0.15) is 17.5 Å². The summed E-state index contributed by atoms with van der Waals surface area (Å²) in [6.07, 6.45) is 0.668. The molecule has 0 aliphatic carbocycles. The third kappa shape index (κ3) is 8.25. The molecule has 0 fully saturated rings. The predicted molar refractivity (Wildman–Crippen MR) is 156 cm³/mol. The number of hydrogen-bond acceptors (Lipinski definition) is 7. The van der Waals surface area contributed by atoms with Crippen LogP contribution in [-0.4, -0.2) is 45.2 Å². The molecule has 0 aromatic heterocycles. The standard InChI is InChI=1S/C26H27Cl2N3O6S2/c1-18-4-10-22(15-23(18)31(33)34)39(35,36)30(24-14-21(28)9-11-25(24)37-2)16-26(32)29-12-3-13-38-17-19-5-7-20(27)8-6-19/h4-11,14-15H,3,12-13,16-17H2,1-2H3,(H,29,32). The zero-order valence-electron chi connectivity index (χ0n) is 21.2. The lowest BCUT2D eigenvalue weighted by molar-refractivity contribution is -0.385. The van der Waals surface area contributed by atoms with Crippen molar-refractivity contribution in [3.05, 3.63) is 92.0 Å². The van der Waals surface area contributed by atoms with Crippen LogP contribution in [0.25, 0.3) is 0 Å². The summed E-state index contributed by atoms with van der Waals surface area (Å²) in [7, 11) is -3.07. The molecule has 0 aliphatic heterocycles. The van der Waals surface area contributed by atoms with Gasteiger partial charge >= 0.3 is 0 Å². The molecule has 0 bridgehead atoms. The highest BCUT2D eigenvalue weighted by Gasteiger charge is 2.31. The number of carbonyl (C=O) groups is 1. The van der Waals surface area contributed by atoms with E-state index in [0.717, 1.165) is 27.4 Å². The third-order valence-corrected chi connectivity index (χ3v) is 8.99. The van der Waals surface area contributed by atoms with Gasteiger partial charge in [0, 0.05) is 34.0 Å². The number of nitro benzene ring substituents is 1. The minimum Gasteiger partial charge on any atom is -0.495 e. The molecule has 1 N–H and O–H groups in total. The number of anilines is 1. The Kier molecular flexibility index (Phi) is 10.9. The van der Waals surface area contributed by atoms with Gasteiger partial charge in [0.25, 0.3) is 15.7 Å². The molecule has 0 saturated heterocycles. The Morgan fingerprint density at radius 3 is 2.44 bits per heavy atom. The van der Waals surface area contributed by atoms with Crippen molar-refractivity contribution in [3.63, 3.8) is 0 Å². The first-order valence-electron chi connectivity index (χ1n) is 11.7. The molecule has 1 amide bonds. The van der Waals surface area contributed by atoms with Gasteiger partial charge in [0.1, 0.15) is 12.3 Å². The highest BCUT2D eigenvalue weighted by molar-refractivity contribution is 7.98. The normalized spacial score (nSPS) is 11.2. The molecule has 0 heterocycles.